The van der Waals surface area contributed by atoms with Gasteiger partial charge in [0, 0.05) is 42.7 Å². The summed E-state index contributed by atoms with van der Waals surface area (Å²) in [7, 11) is 0. The van der Waals surface area contributed by atoms with Gasteiger partial charge in [0.05, 0.1) is 11.4 Å². The molecule has 4 rings (SSSR count). The molecule has 29 heavy (non-hydrogen) atoms. The predicted molar refractivity (Wildman–Crippen MR) is 117 cm³/mol. The molecule has 0 aliphatic carbocycles. The van der Waals surface area contributed by atoms with Gasteiger partial charge in [-0.3, -0.25) is 9.59 Å². The first-order valence-electron chi connectivity index (χ1n) is 10.3. The quantitative estimate of drug-likeness (QED) is 0.809. The summed E-state index contributed by atoms with van der Waals surface area (Å²) in [5.74, 6) is -0.0222. The van der Waals surface area contributed by atoms with E-state index in [1.807, 2.05) is 23.1 Å². The summed E-state index contributed by atoms with van der Waals surface area (Å²) >= 11 is 5.90. The zero-order valence-corrected chi connectivity index (χ0v) is 17.2. The van der Waals surface area contributed by atoms with Gasteiger partial charge in [-0.1, -0.05) is 23.7 Å². The van der Waals surface area contributed by atoms with Gasteiger partial charge in [0.1, 0.15) is 0 Å². The number of halogens is 1. The number of carbonyl (C=O) groups is 2. The van der Waals surface area contributed by atoms with E-state index in [9.17, 15) is 9.59 Å². The van der Waals surface area contributed by atoms with Crippen molar-refractivity contribution in [2.75, 3.05) is 36.4 Å². The van der Waals surface area contributed by atoms with Crippen LogP contribution in [-0.2, 0) is 4.79 Å². The van der Waals surface area contributed by atoms with E-state index >= 15 is 0 Å². The molecule has 2 heterocycles. The number of hydrogen-bond donors (Lipinski definition) is 1. The molecule has 2 saturated heterocycles. The van der Waals surface area contributed by atoms with Gasteiger partial charge in [0.2, 0.25) is 5.91 Å². The largest absolute Gasteiger partial charge is 0.370 e. The number of anilines is 2. The Bertz CT molecular complexity index is 870. The Morgan fingerprint density at radius 1 is 0.897 bits per heavy atom. The van der Waals surface area contributed by atoms with Crippen LogP contribution in [0.5, 0.6) is 0 Å². The summed E-state index contributed by atoms with van der Waals surface area (Å²) < 4.78 is 0. The lowest BCUT2D eigenvalue weighted by molar-refractivity contribution is -0.121. The lowest BCUT2D eigenvalue weighted by Gasteiger charge is -2.31. The number of rotatable bonds is 4. The van der Waals surface area contributed by atoms with Crippen LogP contribution in [-0.4, -0.2) is 42.9 Å². The minimum atomic E-state index is -0.0732. The Balaban J connectivity index is 1.35. The summed E-state index contributed by atoms with van der Waals surface area (Å²) in [6.45, 7) is 3.26. The second-order valence-electron chi connectivity index (χ2n) is 7.77. The van der Waals surface area contributed by atoms with Crippen LogP contribution in [0.4, 0.5) is 11.4 Å². The van der Waals surface area contributed by atoms with Crippen LogP contribution >= 0.6 is 11.6 Å². The molecule has 0 atom stereocenters. The Morgan fingerprint density at radius 3 is 2.24 bits per heavy atom. The molecule has 5 nitrogen and oxygen atoms in total. The van der Waals surface area contributed by atoms with Crippen LogP contribution in [0, 0.1) is 5.92 Å². The van der Waals surface area contributed by atoms with E-state index in [1.54, 1.807) is 24.3 Å². The number of piperidine rings is 1. The van der Waals surface area contributed by atoms with Crippen molar-refractivity contribution in [2.45, 2.75) is 25.7 Å². The van der Waals surface area contributed by atoms with Gasteiger partial charge in [0.15, 0.2) is 0 Å². The van der Waals surface area contributed by atoms with Crippen LogP contribution in [0.3, 0.4) is 0 Å². The summed E-state index contributed by atoms with van der Waals surface area (Å²) in [4.78, 5) is 29.7. The SMILES string of the molecule is O=C(Nc1ccccc1N1CCCC1)C1CCN(C(=O)c2ccc(Cl)cc2)CC1. The highest BCUT2D eigenvalue weighted by atomic mass is 35.5. The van der Waals surface area contributed by atoms with Crippen molar-refractivity contribution < 1.29 is 9.59 Å². The Hall–Kier alpha value is -2.53. The molecule has 0 radical (unpaired) electrons. The van der Waals surface area contributed by atoms with Gasteiger partial charge in [0.25, 0.3) is 5.91 Å². The molecule has 0 spiro atoms. The van der Waals surface area contributed by atoms with Crippen molar-refractivity contribution in [3.63, 3.8) is 0 Å². The number of carbonyl (C=O) groups excluding carboxylic acids is 2. The molecule has 2 fully saturated rings. The van der Waals surface area contributed by atoms with E-state index in [0.29, 0.717) is 36.5 Å². The molecular weight excluding hydrogens is 386 g/mol. The molecule has 6 heteroatoms. The van der Waals surface area contributed by atoms with Crippen molar-refractivity contribution in [1.29, 1.82) is 0 Å². The van der Waals surface area contributed by atoms with Crippen molar-refractivity contribution in [3.8, 4) is 0 Å². The molecule has 2 aliphatic rings. The molecule has 2 aromatic rings. The Morgan fingerprint density at radius 2 is 1.55 bits per heavy atom. The number of likely N-dealkylation sites (tertiary alicyclic amines) is 1. The smallest absolute Gasteiger partial charge is 0.253 e. The van der Waals surface area contributed by atoms with Crippen molar-refractivity contribution in [2.24, 2.45) is 5.92 Å². The molecule has 0 bridgehead atoms. The summed E-state index contributed by atoms with van der Waals surface area (Å²) in [5, 5.41) is 3.76. The van der Waals surface area contributed by atoms with E-state index in [2.05, 4.69) is 16.3 Å². The number of para-hydroxylation sites is 2. The van der Waals surface area contributed by atoms with Crippen molar-refractivity contribution in [3.05, 3.63) is 59.1 Å². The van der Waals surface area contributed by atoms with Crippen LogP contribution in [0.15, 0.2) is 48.5 Å². The van der Waals surface area contributed by atoms with Gasteiger partial charge in [-0.05, 0) is 62.1 Å². The molecule has 152 valence electrons. The molecule has 2 aromatic carbocycles. The molecule has 0 aromatic heterocycles. The fourth-order valence-corrected chi connectivity index (χ4v) is 4.29. The van der Waals surface area contributed by atoms with Crippen molar-refractivity contribution >= 4 is 34.8 Å². The van der Waals surface area contributed by atoms with E-state index in [0.717, 1.165) is 24.5 Å². The van der Waals surface area contributed by atoms with Gasteiger partial charge in [-0.15, -0.1) is 0 Å². The molecule has 0 unspecified atom stereocenters. The average molecular weight is 412 g/mol. The topological polar surface area (TPSA) is 52.7 Å². The number of nitrogens with zero attached hydrogens (tertiary/aromatic N) is 2. The minimum Gasteiger partial charge on any atom is -0.370 e. The molecule has 2 aliphatic heterocycles. The highest BCUT2D eigenvalue weighted by Gasteiger charge is 2.28. The second-order valence-corrected chi connectivity index (χ2v) is 8.21. The van der Waals surface area contributed by atoms with E-state index in [-0.39, 0.29) is 17.7 Å². The first-order valence-corrected chi connectivity index (χ1v) is 10.7. The number of hydrogen-bond acceptors (Lipinski definition) is 3. The third-order valence-electron chi connectivity index (χ3n) is 5.85. The Labute approximate surface area is 176 Å². The highest BCUT2D eigenvalue weighted by Crippen LogP contribution is 2.30. The highest BCUT2D eigenvalue weighted by molar-refractivity contribution is 6.30. The van der Waals surface area contributed by atoms with Gasteiger partial charge in [-0.25, -0.2) is 0 Å². The number of nitrogens with one attached hydrogen (secondary N) is 1. The van der Waals surface area contributed by atoms with Gasteiger partial charge in [-0.2, -0.15) is 0 Å². The zero-order chi connectivity index (χ0) is 20.2. The molecular formula is C23H26ClN3O2. The monoisotopic (exact) mass is 411 g/mol. The third kappa shape index (κ3) is 4.56. The van der Waals surface area contributed by atoms with Crippen LogP contribution in [0.2, 0.25) is 5.02 Å². The fraction of sp³-hybridized carbons (Fsp3) is 0.391. The summed E-state index contributed by atoms with van der Waals surface area (Å²) in [5.41, 5.74) is 2.63. The number of benzene rings is 2. The lowest BCUT2D eigenvalue weighted by atomic mass is 9.95. The average Bonchev–Trinajstić information content (AvgIpc) is 3.29. The number of amides is 2. The molecule has 0 saturated carbocycles. The second kappa shape index (κ2) is 8.87. The minimum absolute atomic E-state index is 0.0000890. The van der Waals surface area contributed by atoms with Crippen LogP contribution in [0.25, 0.3) is 0 Å². The first kappa shape index (κ1) is 19.8. The third-order valence-corrected chi connectivity index (χ3v) is 6.10. The summed E-state index contributed by atoms with van der Waals surface area (Å²) in [6, 6.07) is 15.0. The fourth-order valence-electron chi connectivity index (χ4n) is 4.17. The normalized spacial score (nSPS) is 17.4. The van der Waals surface area contributed by atoms with E-state index in [4.69, 9.17) is 11.6 Å². The van der Waals surface area contributed by atoms with E-state index < -0.39 is 0 Å². The maximum atomic E-state index is 12.9. The van der Waals surface area contributed by atoms with Crippen LogP contribution < -0.4 is 10.2 Å². The predicted octanol–water partition coefficient (Wildman–Crippen LogP) is 4.43. The first-order chi connectivity index (χ1) is 14.1. The maximum absolute atomic E-state index is 12.9. The van der Waals surface area contributed by atoms with Gasteiger partial charge >= 0.3 is 0 Å². The van der Waals surface area contributed by atoms with Gasteiger partial charge < -0.3 is 15.1 Å². The van der Waals surface area contributed by atoms with E-state index in [1.165, 1.54) is 12.8 Å². The van der Waals surface area contributed by atoms with Crippen molar-refractivity contribution in [1.82, 2.24) is 4.90 Å². The standard InChI is InChI=1S/C23H26ClN3O2/c24-19-9-7-18(8-10-19)23(29)27-15-11-17(12-16-27)22(28)25-20-5-1-2-6-21(20)26-13-3-4-14-26/h1-2,5-10,17H,3-4,11-16H2,(H,25,28). The molecule has 2 amide bonds. The maximum Gasteiger partial charge on any atom is 0.253 e. The summed E-state index contributed by atoms with van der Waals surface area (Å²) in [6.07, 6.45) is 3.75. The zero-order valence-electron chi connectivity index (χ0n) is 16.4. The van der Waals surface area contributed by atoms with Crippen LogP contribution in [0.1, 0.15) is 36.0 Å². The molecule has 1 N–H and O–H groups in total. The Kier molecular flexibility index (Phi) is 6.05. The lowest BCUT2D eigenvalue weighted by Crippen LogP contribution is -2.41.